The van der Waals surface area contributed by atoms with Crippen LogP contribution in [-0.4, -0.2) is 63.3 Å². The van der Waals surface area contributed by atoms with Gasteiger partial charge in [-0.05, 0) is 0 Å². The Morgan fingerprint density at radius 1 is 1.36 bits per heavy atom. The molecular weight excluding hydrogens is 251 g/mol. The largest absolute Gasteiger partial charge is 0.813 e. The van der Waals surface area contributed by atoms with Gasteiger partial charge >= 0.3 is 83.0 Å². The van der Waals surface area contributed by atoms with E-state index in [1.165, 1.54) is 0 Å². The summed E-state index contributed by atoms with van der Waals surface area (Å²) < 4.78 is 2.39. The van der Waals surface area contributed by atoms with Gasteiger partial charge in [-0.3, -0.25) is 0 Å². The molecule has 7 heteroatoms. The van der Waals surface area contributed by atoms with Gasteiger partial charge in [-0.1, -0.05) is 0 Å². The van der Waals surface area contributed by atoms with Gasteiger partial charge in [0.25, 0.3) is 0 Å². The summed E-state index contributed by atoms with van der Waals surface area (Å²) in [5.74, 6) is 0. The van der Waals surface area contributed by atoms with Crippen LogP contribution in [0, 0.1) is 0 Å². The second-order valence-electron chi connectivity index (χ2n) is 1.58. The Kier molecular flexibility index (Phi) is 6.10. The third-order valence-electron chi connectivity index (χ3n) is 0.858. The van der Waals surface area contributed by atoms with E-state index in [9.17, 15) is 0 Å². The normalized spacial score (nSPS) is 9.82. The fraction of sp³-hybridized carbons (Fsp3) is 0.250. The monoisotopic (exact) mass is 255 g/mol. The molecule has 11 heavy (non-hydrogen) atoms. The van der Waals surface area contributed by atoms with E-state index in [0.717, 1.165) is 14.0 Å². The average Bonchev–Trinajstić information content (AvgIpc) is 1.85. The van der Waals surface area contributed by atoms with E-state index in [1.807, 2.05) is 0 Å². The van der Waals surface area contributed by atoms with E-state index in [4.69, 9.17) is 0 Å². The first kappa shape index (κ1) is 12.0. The van der Waals surface area contributed by atoms with Crippen LogP contribution in [0.2, 0.25) is 5.71 Å². The molecule has 0 bridgehead atoms. The maximum Gasteiger partial charge on any atom is -0.813 e. The number of nitrogens with zero attached hydrogens (tertiary/aromatic N) is 3. The first-order valence-corrected chi connectivity index (χ1v) is 6.56. The molecule has 0 unspecified atom stereocenters. The first-order valence-electron chi connectivity index (χ1n) is 2.59. The minimum Gasteiger partial charge on any atom is -0.813 e. The Bertz CT molecular complexity index is 227. The molecule has 1 rings (SSSR count). The summed E-state index contributed by atoms with van der Waals surface area (Å²) in [6.45, 7) is 0. The average molecular weight is 255 g/mol. The fourth-order valence-electron chi connectivity index (χ4n) is 0.497. The Balaban J connectivity index is 0.000001000. The van der Waals surface area contributed by atoms with Crippen molar-refractivity contribution in [3.63, 3.8) is 0 Å². The maximum atomic E-state index is 4.12. The van der Waals surface area contributed by atoms with Crippen molar-refractivity contribution in [2.75, 3.05) is 0 Å². The minimum absolute atomic E-state index is 0. The molecular formula is C4H4Al2AsN3S. The predicted octanol–water partition coefficient (Wildman–Crippen LogP) is -3.43. The molecule has 1 aromatic heterocycles. The van der Waals surface area contributed by atoms with Gasteiger partial charge in [0.15, 0.2) is 0 Å². The van der Waals surface area contributed by atoms with E-state index >= 15 is 0 Å². The van der Waals surface area contributed by atoms with Gasteiger partial charge in [0.05, 0.1) is 0 Å². The van der Waals surface area contributed by atoms with Crippen LogP contribution < -0.4 is 14.0 Å². The third kappa shape index (κ3) is 3.95. The smallest absolute Gasteiger partial charge is 0.813 e. The second-order valence-corrected chi connectivity index (χ2v) is 4.39. The van der Waals surface area contributed by atoms with Crippen molar-refractivity contribution in [1.29, 1.82) is 0 Å². The SMILES string of the molecule is C[As]c1n[c]([Al])n[c]([Al+])n1.[SH-]. The summed E-state index contributed by atoms with van der Waals surface area (Å²) >= 11 is 5.05. The molecule has 0 fully saturated rings. The van der Waals surface area contributed by atoms with Crippen molar-refractivity contribution in [2.45, 2.75) is 5.71 Å². The van der Waals surface area contributed by atoms with Crippen LogP contribution in [0.1, 0.15) is 0 Å². The van der Waals surface area contributed by atoms with Crippen molar-refractivity contribution >= 4 is 75.8 Å². The molecule has 0 aliphatic carbocycles. The van der Waals surface area contributed by atoms with Gasteiger partial charge in [-0.15, -0.1) is 0 Å². The molecule has 0 amide bonds. The zero-order valence-corrected chi connectivity index (χ0v) is 11.0. The van der Waals surface area contributed by atoms with Crippen LogP contribution >= 0.6 is 0 Å². The molecule has 1 heterocycles. The molecule has 0 spiro atoms. The van der Waals surface area contributed by atoms with Gasteiger partial charge < -0.3 is 13.5 Å². The number of hydrogen-bond donors (Lipinski definition) is 0. The van der Waals surface area contributed by atoms with Crippen LogP contribution in [0.5, 0.6) is 0 Å². The van der Waals surface area contributed by atoms with Crippen molar-refractivity contribution in [3.8, 4) is 0 Å². The van der Waals surface area contributed by atoms with Crippen LogP contribution in [0.4, 0.5) is 0 Å². The quantitative estimate of drug-likeness (QED) is 0.297. The number of hydrogen-bond acceptors (Lipinski definition) is 4. The predicted molar refractivity (Wildman–Crippen MR) is 50.6 cm³/mol. The zero-order valence-electron chi connectivity index (χ0n) is 5.89. The minimum atomic E-state index is 0. The van der Waals surface area contributed by atoms with Gasteiger partial charge in [0.1, 0.15) is 0 Å². The van der Waals surface area contributed by atoms with Crippen LogP contribution in [0.25, 0.3) is 0 Å². The molecule has 0 N–H and O–H groups in total. The molecule has 52 valence electrons. The van der Waals surface area contributed by atoms with E-state index in [-0.39, 0.29) is 29.2 Å². The standard InChI is InChI=1S/C4H3AsN3.2Al.H2S/c1-5-4-7-2-6-3-8-4;;;/h1H3;;;1H2/q;;+1;/p-1. The summed E-state index contributed by atoms with van der Waals surface area (Å²) in [5, 5.41) is 0. The number of thiol groups is 1. The summed E-state index contributed by atoms with van der Waals surface area (Å²) in [4.78, 5) is 12.2. The molecule has 0 aliphatic rings. The van der Waals surface area contributed by atoms with Gasteiger partial charge in [-0.2, -0.15) is 0 Å². The van der Waals surface area contributed by atoms with E-state index in [2.05, 4.69) is 53.2 Å². The summed E-state index contributed by atoms with van der Waals surface area (Å²) in [7, 11) is 0. The molecule has 4 radical (unpaired) electrons. The summed E-state index contributed by atoms with van der Waals surface area (Å²) in [6, 6.07) is 0. The summed E-state index contributed by atoms with van der Waals surface area (Å²) in [5.41, 5.74) is 2.11. The van der Waals surface area contributed by atoms with Crippen molar-refractivity contribution in [3.05, 3.63) is 0 Å². The third-order valence-corrected chi connectivity index (χ3v) is 2.63. The van der Waals surface area contributed by atoms with Crippen LogP contribution in [0.15, 0.2) is 0 Å². The van der Waals surface area contributed by atoms with Gasteiger partial charge in [0, 0.05) is 0 Å². The summed E-state index contributed by atoms with van der Waals surface area (Å²) in [6.07, 6.45) is 0. The Morgan fingerprint density at radius 2 is 2.00 bits per heavy atom. The van der Waals surface area contributed by atoms with Crippen LogP contribution in [0.3, 0.4) is 0 Å². The molecule has 0 saturated heterocycles. The van der Waals surface area contributed by atoms with Crippen molar-refractivity contribution in [2.24, 2.45) is 0 Å². The zero-order chi connectivity index (χ0) is 7.56. The molecule has 0 aliphatic heterocycles. The van der Waals surface area contributed by atoms with Gasteiger partial charge in [0.2, 0.25) is 0 Å². The van der Waals surface area contributed by atoms with Gasteiger partial charge in [-0.25, -0.2) is 0 Å². The van der Waals surface area contributed by atoms with Crippen molar-refractivity contribution in [1.82, 2.24) is 15.0 Å². The topological polar surface area (TPSA) is 38.7 Å². The maximum absolute atomic E-state index is 4.12. The number of aromatic nitrogens is 3. The fourth-order valence-corrected chi connectivity index (χ4v) is 2.48. The van der Waals surface area contributed by atoms with E-state index in [1.54, 1.807) is 0 Å². The first-order chi connectivity index (χ1) is 4.72. The molecule has 0 saturated carbocycles. The Morgan fingerprint density at radius 3 is 2.45 bits per heavy atom. The number of rotatable bonds is 1. The molecule has 1 aromatic rings. The second kappa shape index (κ2) is 5.60. The Labute approximate surface area is 95.8 Å². The molecule has 0 aromatic carbocycles. The van der Waals surface area contributed by atoms with Crippen molar-refractivity contribution < 1.29 is 0 Å². The van der Waals surface area contributed by atoms with E-state index in [0.29, 0.717) is 0 Å². The van der Waals surface area contributed by atoms with Crippen LogP contribution in [-0.2, 0) is 13.5 Å². The molecule has 3 nitrogen and oxygen atoms in total. The van der Waals surface area contributed by atoms with E-state index < -0.39 is 0 Å². The Hall–Kier alpha value is 0.983. The molecule has 0 atom stereocenters.